The van der Waals surface area contributed by atoms with Gasteiger partial charge in [-0.05, 0) is 22.5 Å². The smallest absolute Gasteiger partial charge is 0.0806 e. The van der Waals surface area contributed by atoms with Crippen molar-refractivity contribution < 1.29 is 0 Å². The summed E-state index contributed by atoms with van der Waals surface area (Å²) >= 11 is 1.98. The van der Waals surface area contributed by atoms with E-state index in [-0.39, 0.29) is 0 Å². The molecule has 0 unspecified atom stereocenters. The van der Waals surface area contributed by atoms with E-state index in [1.54, 1.807) is 10.4 Å². The first-order chi connectivity index (χ1) is 8.94. The summed E-state index contributed by atoms with van der Waals surface area (Å²) in [5.74, 6) is 0. The molecule has 0 nitrogen and oxygen atoms in total. The lowest BCUT2D eigenvalue weighted by Crippen LogP contribution is -2.68. The van der Waals surface area contributed by atoms with Crippen molar-refractivity contribution in [3.63, 3.8) is 0 Å². The molecule has 3 rings (SSSR count). The summed E-state index contributed by atoms with van der Waals surface area (Å²) in [6.45, 7) is 10.3. The van der Waals surface area contributed by atoms with Crippen molar-refractivity contribution in [2.45, 2.75) is 36.0 Å². The van der Waals surface area contributed by atoms with Crippen LogP contribution in [0.15, 0.2) is 58.3 Å². The Hall–Kier alpha value is -0.776. The van der Waals surface area contributed by atoms with Crippen LogP contribution >= 0.6 is 11.8 Å². The van der Waals surface area contributed by atoms with E-state index in [1.165, 1.54) is 9.79 Å². The molecule has 0 spiro atoms. The molecule has 0 amide bonds. The van der Waals surface area contributed by atoms with Crippen LogP contribution in [0.5, 0.6) is 0 Å². The lowest BCUT2D eigenvalue weighted by atomic mass is 10.4. The zero-order valence-corrected chi connectivity index (χ0v) is 14.8. The van der Waals surface area contributed by atoms with Crippen molar-refractivity contribution in [2.75, 3.05) is 0 Å². The molecule has 0 saturated carbocycles. The molecule has 0 radical (unpaired) electrons. The molecule has 0 atom stereocenters. The number of fused-ring (bicyclic) bond motifs is 2. The minimum absolute atomic E-state index is 1.42. The van der Waals surface area contributed by atoms with Gasteiger partial charge in [-0.1, -0.05) is 74.3 Å². The molecule has 98 valence electrons. The number of rotatable bonds is 0. The number of benzene rings is 2. The highest BCUT2D eigenvalue weighted by molar-refractivity contribution is 8.00. The van der Waals surface area contributed by atoms with Crippen LogP contribution in [-0.4, -0.2) is 15.2 Å². The van der Waals surface area contributed by atoms with Gasteiger partial charge < -0.3 is 0 Å². The van der Waals surface area contributed by atoms with Gasteiger partial charge in [0.2, 0.25) is 0 Å². The zero-order chi connectivity index (χ0) is 13.7. The molecule has 1 aliphatic heterocycles. The maximum atomic E-state index is 2.57. The highest BCUT2D eigenvalue weighted by Gasteiger charge is 2.47. The third-order valence-corrected chi connectivity index (χ3v) is 24.1. The van der Waals surface area contributed by atoms with Crippen LogP contribution < -0.4 is 10.4 Å². The second-order valence-corrected chi connectivity index (χ2v) is 22.5. The molecule has 0 bridgehead atoms. The average molecular weight is 301 g/mol. The van der Waals surface area contributed by atoms with Crippen molar-refractivity contribution in [1.29, 1.82) is 0 Å². The van der Waals surface area contributed by atoms with Crippen molar-refractivity contribution in [2.24, 2.45) is 0 Å². The molecule has 0 N–H and O–H groups in total. The predicted molar refractivity (Wildman–Crippen MR) is 91.2 cm³/mol. The minimum atomic E-state index is -1.42. The molecule has 1 aliphatic rings. The quantitative estimate of drug-likeness (QED) is 0.668. The molecule has 1 heterocycles. The standard InChI is InChI=1S/C16H20SSi2/c1-18(2)15-11-7-5-9-13(15)17-14-10-6-8-12-16(14)19(18,3)4/h5-12H,1-4H3. The van der Waals surface area contributed by atoms with Gasteiger partial charge in [-0.25, -0.2) is 0 Å². The van der Waals surface area contributed by atoms with Gasteiger partial charge in [0.25, 0.3) is 0 Å². The minimum Gasteiger partial charge on any atom is -0.0904 e. The van der Waals surface area contributed by atoms with E-state index in [0.717, 1.165) is 0 Å². The van der Waals surface area contributed by atoms with Crippen LogP contribution in [0.2, 0.25) is 26.2 Å². The van der Waals surface area contributed by atoms with Crippen molar-refractivity contribution in [3.8, 4) is 0 Å². The third-order valence-electron chi connectivity index (χ3n) is 4.90. The van der Waals surface area contributed by atoms with Crippen LogP contribution in [0, 0.1) is 0 Å². The summed E-state index contributed by atoms with van der Waals surface area (Å²) in [7, 11) is -2.84. The van der Waals surface area contributed by atoms with Crippen molar-refractivity contribution in [1.82, 2.24) is 0 Å². The van der Waals surface area contributed by atoms with Gasteiger partial charge in [0, 0.05) is 9.79 Å². The Bertz CT molecular complexity index is 577. The van der Waals surface area contributed by atoms with E-state index >= 15 is 0 Å². The molecule has 2 aromatic carbocycles. The average Bonchev–Trinajstić information content (AvgIpc) is 2.45. The summed E-state index contributed by atoms with van der Waals surface area (Å²) in [6, 6.07) is 18.2. The SMILES string of the molecule is C[Si]1(C)c2ccccc2Sc2ccccc2[Si]1(C)C. The van der Waals surface area contributed by atoms with Gasteiger partial charge in [-0.3, -0.25) is 0 Å². The summed E-state index contributed by atoms with van der Waals surface area (Å²) in [4.78, 5) is 2.98. The third kappa shape index (κ3) is 1.87. The molecular weight excluding hydrogens is 280 g/mol. The number of hydrogen-bond donors (Lipinski definition) is 0. The van der Waals surface area contributed by atoms with E-state index < -0.39 is 15.2 Å². The first kappa shape index (κ1) is 13.2. The van der Waals surface area contributed by atoms with Gasteiger partial charge in [-0.15, -0.1) is 0 Å². The highest BCUT2D eigenvalue weighted by atomic mass is 32.2. The molecular formula is C16H20SSi2. The van der Waals surface area contributed by atoms with E-state index in [0.29, 0.717) is 0 Å². The molecule has 0 aliphatic carbocycles. The normalized spacial score (nSPS) is 19.2. The summed E-state index contributed by atoms with van der Waals surface area (Å²) < 4.78 is 0. The van der Waals surface area contributed by atoms with E-state index in [1.807, 2.05) is 11.8 Å². The van der Waals surface area contributed by atoms with Crippen LogP contribution in [0.3, 0.4) is 0 Å². The fraction of sp³-hybridized carbons (Fsp3) is 0.250. The van der Waals surface area contributed by atoms with Crippen LogP contribution in [0.25, 0.3) is 0 Å². The molecule has 19 heavy (non-hydrogen) atoms. The Morgan fingerprint density at radius 2 is 1.00 bits per heavy atom. The largest absolute Gasteiger partial charge is 0.0904 e. The maximum Gasteiger partial charge on any atom is 0.0806 e. The van der Waals surface area contributed by atoms with Crippen molar-refractivity contribution in [3.05, 3.63) is 48.5 Å². The van der Waals surface area contributed by atoms with E-state index in [4.69, 9.17) is 0 Å². The van der Waals surface area contributed by atoms with Crippen LogP contribution in [0.4, 0.5) is 0 Å². The Morgan fingerprint density at radius 3 is 1.42 bits per heavy atom. The van der Waals surface area contributed by atoms with Gasteiger partial charge in [0.1, 0.15) is 0 Å². The maximum absolute atomic E-state index is 2.57. The predicted octanol–water partition coefficient (Wildman–Crippen LogP) is 3.76. The summed E-state index contributed by atoms with van der Waals surface area (Å²) in [5.41, 5.74) is 0. The molecule has 0 fully saturated rings. The van der Waals surface area contributed by atoms with Gasteiger partial charge in [0.05, 0.1) is 15.2 Å². The fourth-order valence-electron chi connectivity index (χ4n) is 2.94. The summed E-state index contributed by atoms with van der Waals surface area (Å²) in [6.07, 6.45) is 0. The van der Waals surface area contributed by atoms with E-state index in [2.05, 4.69) is 74.7 Å². The van der Waals surface area contributed by atoms with Crippen LogP contribution in [-0.2, 0) is 0 Å². The number of hydrogen-bond acceptors (Lipinski definition) is 1. The van der Waals surface area contributed by atoms with E-state index in [9.17, 15) is 0 Å². The van der Waals surface area contributed by atoms with Gasteiger partial charge in [-0.2, -0.15) is 0 Å². The first-order valence-electron chi connectivity index (χ1n) is 6.81. The van der Waals surface area contributed by atoms with Crippen molar-refractivity contribution >= 4 is 37.3 Å². The Kier molecular flexibility index (Phi) is 3.04. The summed E-state index contributed by atoms with van der Waals surface area (Å²) in [5, 5.41) is 3.32. The Morgan fingerprint density at radius 1 is 0.632 bits per heavy atom. The second-order valence-electron chi connectivity index (χ2n) is 6.34. The Balaban J connectivity index is 2.35. The lowest BCUT2D eigenvalue weighted by Gasteiger charge is -2.38. The lowest BCUT2D eigenvalue weighted by molar-refractivity contribution is 1.46. The monoisotopic (exact) mass is 300 g/mol. The zero-order valence-electron chi connectivity index (χ0n) is 12.0. The van der Waals surface area contributed by atoms with Gasteiger partial charge in [0.15, 0.2) is 0 Å². The van der Waals surface area contributed by atoms with Gasteiger partial charge >= 0.3 is 0 Å². The highest BCUT2D eigenvalue weighted by Crippen LogP contribution is 2.34. The first-order valence-corrected chi connectivity index (χ1v) is 14.6. The molecule has 0 saturated heterocycles. The topological polar surface area (TPSA) is 0 Å². The fourth-order valence-corrected chi connectivity index (χ4v) is 15.3. The Labute approximate surface area is 122 Å². The second kappa shape index (κ2) is 4.37. The molecule has 2 aromatic rings. The molecule has 3 heteroatoms. The molecule has 0 aromatic heterocycles. The van der Waals surface area contributed by atoms with Crippen LogP contribution in [0.1, 0.15) is 0 Å².